The third kappa shape index (κ3) is 5.87. The number of aliphatic hydroxyl groups excluding tert-OH is 1. The summed E-state index contributed by atoms with van der Waals surface area (Å²) in [5.41, 5.74) is 3.85. The molecule has 0 bridgehead atoms. The highest BCUT2D eigenvalue weighted by Crippen LogP contribution is 2.22. The van der Waals surface area contributed by atoms with E-state index in [1.165, 1.54) is 23.1 Å². The Labute approximate surface area is 148 Å². The van der Waals surface area contributed by atoms with E-state index in [1.807, 2.05) is 0 Å². The van der Waals surface area contributed by atoms with Crippen molar-refractivity contribution in [1.29, 1.82) is 0 Å². The van der Waals surface area contributed by atoms with Crippen LogP contribution in [0.1, 0.15) is 56.7 Å². The van der Waals surface area contributed by atoms with Crippen LogP contribution in [0.4, 0.5) is 0 Å². The molecule has 3 unspecified atom stereocenters. The number of hydrogen-bond acceptors (Lipinski definition) is 3. The number of β-amino-alcohol motifs (C(OH)–C–C–N with tert-alkyl or cyclic N) is 1. The molecule has 0 saturated carbocycles. The first-order valence-corrected chi connectivity index (χ1v) is 9.42. The summed E-state index contributed by atoms with van der Waals surface area (Å²) in [6.07, 6.45) is 0.892. The number of hydrogen-bond donors (Lipinski definition) is 1. The van der Waals surface area contributed by atoms with Crippen molar-refractivity contribution in [3.05, 3.63) is 34.9 Å². The predicted molar refractivity (Wildman–Crippen MR) is 100 cm³/mol. The molecule has 2 rings (SSSR count). The highest BCUT2D eigenvalue weighted by atomic mass is 16.5. The second-order valence-corrected chi connectivity index (χ2v) is 8.19. The van der Waals surface area contributed by atoms with E-state index >= 15 is 0 Å². The van der Waals surface area contributed by atoms with Gasteiger partial charge in [-0.2, -0.15) is 0 Å². The number of ether oxygens (including phenoxy) is 1. The number of benzene rings is 1. The Morgan fingerprint density at radius 2 is 1.88 bits per heavy atom. The van der Waals surface area contributed by atoms with Gasteiger partial charge in [0.25, 0.3) is 0 Å². The normalized spacial score (nSPS) is 23.6. The molecular formula is C21H35NO2. The van der Waals surface area contributed by atoms with E-state index in [1.54, 1.807) is 0 Å². The molecule has 1 aliphatic rings. The minimum absolute atomic E-state index is 0.407. The molecule has 136 valence electrons. The van der Waals surface area contributed by atoms with E-state index in [-0.39, 0.29) is 0 Å². The fourth-order valence-electron chi connectivity index (χ4n) is 4.02. The van der Waals surface area contributed by atoms with E-state index in [4.69, 9.17) is 4.74 Å². The molecule has 1 aromatic rings. The Balaban J connectivity index is 1.80. The number of aryl methyl sites for hydroxylation is 1. The molecule has 3 heteroatoms. The van der Waals surface area contributed by atoms with Crippen molar-refractivity contribution in [3.63, 3.8) is 0 Å². The van der Waals surface area contributed by atoms with Gasteiger partial charge >= 0.3 is 0 Å². The van der Waals surface area contributed by atoms with Crippen molar-refractivity contribution in [1.82, 2.24) is 4.90 Å². The molecule has 1 heterocycles. The maximum Gasteiger partial charge on any atom is 0.0900 e. The van der Waals surface area contributed by atoms with Crippen molar-refractivity contribution in [2.45, 2.75) is 59.7 Å². The monoisotopic (exact) mass is 333 g/mol. The fourth-order valence-corrected chi connectivity index (χ4v) is 4.02. The summed E-state index contributed by atoms with van der Waals surface area (Å²) in [7, 11) is 0. The van der Waals surface area contributed by atoms with Crippen molar-refractivity contribution in [2.24, 2.45) is 11.8 Å². The molecule has 3 nitrogen and oxygen atoms in total. The highest BCUT2D eigenvalue weighted by molar-refractivity contribution is 5.33. The third-order valence-corrected chi connectivity index (χ3v) is 4.90. The van der Waals surface area contributed by atoms with E-state index in [9.17, 15) is 5.11 Å². The summed E-state index contributed by atoms with van der Waals surface area (Å²) in [6, 6.07) is 6.56. The molecule has 1 N–H and O–H groups in total. The van der Waals surface area contributed by atoms with Gasteiger partial charge in [0.15, 0.2) is 0 Å². The van der Waals surface area contributed by atoms with Gasteiger partial charge in [0, 0.05) is 19.6 Å². The molecule has 1 fully saturated rings. The lowest BCUT2D eigenvalue weighted by atomic mass is 9.92. The Morgan fingerprint density at radius 1 is 1.21 bits per heavy atom. The summed E-state index contributed by atoms with van der Waals surface area (Å²) in [5.74, 6) is 1.94. The summed E-state index contributed by atoms with van der Waals surface area (Å²) in [5, 5.41) is 10.3. The molecule has 0 aromatic heterocycles. The van der Waals surface area contributed by atoms with Gasteiger partial charge in [0.2, 0.25) is 0 Å². The van der Waals surface area contributed by atoms with Crippen LogP contribution >= 0.6 is 0 Å². The summed E-state index contributed by atoms with van der Waals surface area (Å²) < 4.78 is 5.85. The first kappa shape index (κ1) is 19.4. The Morgan fingerprint density at radius 3 is 2.50 bits per heavy atom. The maximum atomic E-state index is 10.3. The second kappa shape index (κ2) is 8.98. The van der Waals surface area contributed by atoms with Crippen LogP contribution in [0.5, 0.6) is 0 Å². The summed E-state index contributed by atoms with van der Waals surface area (Å²) in [6.45, 7) is 15.0. The molecule has 0 amide bonds. The zero-order chi connectivity index (χ0) is 17.7. The molecule has 3 atom stereocenters. The average molecular weight is 334 g/mol. The minimum Gasteiger partial charge on any atom is -0.389 e. The maximum absolute atomic E-state index is 10.3. The van der Waals surface area contributed by atoms with E-state index in [2.05, 4.69) is 57.7 Å². The molecule has 0 radical (unpaired) electrons. The minimum atomic E-state index is -0.408. The standard InChI is InChI=1S/C21H35NO2/c1-15(2)21-7-6-16(3)9-19(21)13-24-14-20(23)12-22-10-17(4)8-18(5)11-22/h6-7,9,15,17-18,20,23H,8,10-14H2,1-5H3. The number of aliphatic hydroxyl groups is 1. The predicted octanol–water partition coefficient (Wildman–Crippen LogP) is 3.97. The summed E-state index contributed by atoms with van der Waals surface area (Å²) >= 11 is 0. The molecular weight excluding hydrogens is 298 g/mol. The number of nitrogens with zero attached hydrogens (tertiary/aromatic N) is 1. The van der Waals surface area contributed by atoms with Gasteiger partial charge in [-0.3, -0.25) is 0 Å². The van der Waals surface area contributed by atoms with Crippen molar-refractivity contribution in [2.75, 3.05) is 26.2 Å². The Kier molecular flexibility index (Phi) is 7.27. The lowest BCUT2D eigenvalue weighted by Crippen LogP contribution is -2.43. The van der Waals surface area contributed by atoms with Gasteiger partial charge in [0.05, 0.1) is 19.3 Å². The lowest BCUT2D eigenvalue weighted by molar-refractivity contribution is -0.00109. The van der Waals surface area contributed by atoms with Gasteiger partial charge in [-0.25, -0.2) is 0 Å². The first-order valence-electron chi connectivity index (χ1n) is 9.42. The molecule has 1 aromatic carbocycles. The lowest BCUT2D eigenvalue weighted by Gasteiger charge is -2.35. The van der Waals surface area contributed by atoms with Crippen LogP contribution in [-0.2, 0) is 11.3 Å². The number of likely N-dealkylation sites (tertiary alicyclic amines) is 1. The van der Waals surface area contributed by atoms with Crippen LogP contribution in [0.2, 0.25) is 0 Å². The molecule has 1 aliphatic heterocycles. The van der Waals surface area contributed by atoms with Gasteiger partial charge in [-0.15, -0.1) is 0 Å². The first-order chi connectivity index (χ1) is 11.3. The zero-order valence-corrected chi connectivity index (χ0v) is 16.1. The SMILES string of the molecule is Cc1ccc(C(C)C)c(COCC(O)CN2CC(C)CC(C)C2)c1. The largest absolute Gasteiger partial charge is 0.389 e. The zero-order valence-electron chi connectivity index (χ0n) is 16.1. The van der Waals surface area contributed by atoms with Crippen LogP contribution in [-0.4, -0.2) is 42.4 Å². The topological polar surface area (TPSA) is 32.7 Å². The molecule has 0 aliphatic carbocycles. The van der Waals surface area contributed by atoms with Gasteiger partial charge in [-0.05, 0) is 42.2 Å². The van der Waals surface area contributed by atoms with E-state index < -0.39 is 6.10 Å². The van der Waals surface area contributed by atoms with E-state index in [0.29, 0.717) is 19.1 Å². The van der Waals surface area contributed by atoms with Gasteiger partial charge < -0.3 is 14.7 Å². The molecule has 24 heavy (non-hydrogen) atoms. The van der Waals surface area contributed by atoms with Gasteiger partial charge in [0.1, 0.15) is 0 Å². The smallest absolute Gasteiger partial charge is 0.0900 e. The van der Waals surface area contributed by atoms with E-state index in [0.717, 1.165) is 31.5 Å². The summed E-state index contributed by atoms with van der Waals surface area (Å²) in [4.78, 5) is 2.39. The van der Waals surface area contributed by atoms with Crippen LogP contribution in [0.3, 0.4) is 0 Å². The molecule has 0 spiro atoms. The number of piperidine rings is 1. The fraction of sp³-hybridized carbons (Fsp3) is 0.714. The van der Waals surface area contributed by atoms with Crippen LogP contribution in [0, 0.1) is 18.8 Å². The van der Waals surface area contributed by atoms with Crippen LogP contribution < -0.4 is 0 Å². The average Bonchev–Trinajstić information content (AvgIpc) is 2.45. The van der Waals surface area contributed by atoms with Gasteiger partial charge in [-0.1, -0.05) is 51.5 Å². The Bertz CT molecular complexity index is 505. The van der Waals surface area contributed by atoms with Crippen molar-refractivity contribution >= 4 is 0 Å². The van der Waals surface area contributed by atoms with Crippen molar-refractivity contribution < 1.29 is 9.84 Å². The second-order valence-electron chi connectivity index (χ2n) is 8.19. The van der Waals surface area contributed by atoms with Crippen molar-refractivity contribution in [3.8, 4) is 0 Å². The Hall–Kier alpha value is -0.900. The third-order valence-electron chi connectivity index (χ3n) is 4.90. The quantitative estimate of drug-likeness (QED) is 0.819. The number of rotatable bonds is 7. The molecule has 1 saturated heterocycles. The van der Waals surface area contributed by atoms with Crippen LogP contribution in [0.15, 0.2) is 18.2 Å². The highest BCUT2D eigenvalue weighted by Gasteiger charge is 2.23. The van der Waals surface area contributed by atoms with Crippen LogP contribution in [0.25, 0.3) is 0 Å².